The number of likely N-dealkylation sites (N-methyl/N-ethyl adjacent to an activating group) is 1. The molecule has 35 heavy (non-hydrogen) atoms. The van der Waals surface area contributed by atoms with Gasteiger partial charge in [-0.3, -0.25) is 19.2 Å². The molecule has 0 bridgehead atoms. The van der Waals surface area contributed by atoms with E-state index >= 15 is 0 Å². The number of carbonyl (C=O) groups is 4. The van der Waals surface area contributed by atoms with Gasteiger partial charge in [-0.05, 0) is 57.7 Å². The Kier molecular flexibility index (Phi) is 12.7. The van der Waals surface area contributed by atoms with Crippen LogP contribution in [0.5, 0.6) is 0 Å². The van der Waals surface area contributed by atoms with Gasteiger partial charge in [-0.25, -0.2) is 0 Å². The van der Waals surface area contributed by atoms with Gasteiger partial charge in [-0.2, -0.15) is 0 Å². The number of nitrogens with zero attached hydrogens (tertiary/aromatic N) is 1. The third kappa shape index (κ3) is 12.2. The highest BCUT2D eigenvalue weighted by atomic mass is 16.2. The second-order valence-corrected chi connectivity index (χ2v) is 9.27. The lowest BCUT2D eigenvalue weighted by molar-refractivity contribution is -0.139. The first-order chi connectivity index (χ1) is 16.4. The van der Waals surface area contributed by atoms with E-state index in [4.69, 9.17) is 17.2 Å². The van der Waals surface area contributed by atoms with Crippen LogP contribution in [0, 0.1) is 0 Å². The zero-order valence-electron chi connectivity index (χ0n) is 21.0. The molecule has 0 aliphatic rings. The fourth-order valence-electron chi connectivity index (χ4n) is 3.28. The molecule has 0 saturated carbocycles. The minimum atomic E-state index is -0.910. The summed E-state index contributed by atoms with van der Waals surface area (Å²) >= 11 is 0. The van der Waals surface area contributed by atoms with Gasteiger partial charge >= 0.3 is 0 Å². The predicted molar refractivity (Wildman–Crippen MR) is 136 cm³/mol. The maximum absolute atomic E-state index is 13.2. The Morgan fingerprint density at radius 3 is 2.34 bits per heavy atom. The van der Waals surface area contributed by atoms with Crippen molar-refractivity contribution in [2.45, 2.75) is 63.6 Å². The molecule has 0 radical (unpaired) electrons. The maximum Gasteiger partial charge on any atom is 0.244 e. The Morgan fingerprint density at radius 2 is 1.77 bits per heavy atom. The number of nitrogens with two attached hydrogens (primary N) is 3. The molecule has 0 fully saturated rings. The Labute approximate surface area is 207 Å². The number of primary amides is 1. The van der Waals surface area contributed by atoms with Gasteiger partial charge in [0.15, 0.2) is 0 Å². The predicted octanol–water partition coefficient (Wildman–Crippen LogP) is -0.0450. The molecule has 0 aliphatic carbocycles. The summed E-state index contributed by atoms with van der Waals surface area (Å²) in [7, 11) is 1.49. The normalized spacial score (nSPS) is 13.2. The third-order valence-electron chi connectivity index (χ3n) is 5.37. The van der Waals surface area contributed by atoms with Crippen molar-refractivity contribution < 1.29 is 19.2 Å². The summed E-state index contributed by atoms with van der Waals surface area (Å²) in [6, 6.07) is 7.43. The SMILES string of the molecule is CN(C(=O)CNC(=O)/C=C/CC(C)(C)N)C(Cc1ccccc1)C(=O)NC(CCCCN)C(N)=O. The topological polar surface area (TPSA) is 174 Å². The molecule has 0 saturated heterocycles. The van der Waals surface area contributed by atoms with E-state index in [9.17, 15) is 19.2 Å². The highest BCUT2D eigenvalue weighted by Gasteiger charge is 2.30. The van der Waals surface area contributed by atoms with Crippen LogP contribution in [0.1, 0.15) is 45.1 Å². The van der Waals surface area contributed by atoms with Crippen LogP contribution in [-0.2, 0) is 25.6 Å². The van der Waals surface area contributed by atoms with E-state index < -0.39 is 41.3 Å². The first-order valence-corrected chi connectivity index (χ1v) is 11.8. The Morgan fingerprint density at radius 1 is 1.11 bits per heavy atom. The minimum absolute atomic E-state index is 0.225. The minimum Gasteiger partial charge on any atom is -0.368 e. The monoisotopic (exact) mass is 488 g/mol. The van der Waals surface area contributed by atoms with Crippen molar-refractivity contribution in [3.63, 3.8) is 0 Å². The Bertz CT molecular complexity index is 866. The lowest BCUT2D eigenvalue weighted by atomic mass is 10.0. The fraction of sp³-hybridized carbons (Fsp3) is 0.520. The van der Waals surface area contributed by atoms with Crippen LogP contribution in [0.2, 0.25) is 0 Å². The van der Waals surface area contributed by atoms with Crippen LogP contribution < -0.4 is 27.8 Å². The number of hydrogen-bond acceptors (Lipinski definition) is 6. The number of rotatable bonds is 15. The molecule has 194 valence electrons. The van der Waals surface area contributed by atoms with Crippen LogP contribution in [-0.4, -0.2) is 66.3 Å². The summed E-state index contributed by atoms with van der Waals surface area (Å²) in [5.41, 5.74) is 17.3. The van der Waals surface area contributed by atoms with E-state index in [0.717, 1.165) is 5.56 Å². The molecule has 1 aromatic rings. The molecular formula is C25H40N6O4. The second-order valence-electron chi connectivity index (χ2n) is 9.27. The summed E-state index contributed by atoms with van der Waals surface area (Å²) in [5, 5.41) is 5.20. The molecule has 1 aromatic carbocycles. The Balaban J connectivity index is 2.89. The highest BCUT2D eigenvalue weighted by molar-refractivity contribution is 5.94. The fourth-order valence-corrected chi connectivity index (χ4v) is 3.28. The van der Waals surface area contributed by atoms with E-state index in [1.54, 1.807) is 6.08 Å². The van der Waals surface area contributed by atoms with Crippen molar-refractivity contribution in [3.8, 4) is 0 Å². The number of unbranched alkanes of at least 4 members (excludes halogenated alkanes) is 1. The van der Waals surface area contributed by atoms with Gasteiger partial charge in [0.1, 0.15) is 12.1 Å². The molecule has 0 heterocycles. The molecular weight excluding hydrogens is 448 g/mol. The quantitative estimate of drug-likeness (QED) is 0.171. The van der Waals surface area contributed by atoms with Gasteiger partial charge in [0.25, 0.3) is 0 Å². The van der Waals surface area contributed by atoms with Crippen LogP contribution in [0.4, 0.5) is 0 Å². The van der Waals surface area contributed by atoms with Crippen molar-refractivity contribution in [2.75, 3.05) is 20.1 Å². The summed E-state index contributed by atoms with van der Waals surface area (Å²) in [6.45, 7) is 3.86. The first kappa shape index (κ1) is 29.8. The molecule has 10 heteroatoms. The van der Waals surface area contributed by atoms with Crippen molar-refractivity contribution in [1.29, 1.82) is 0 Å². The van der Waals surface area contributed by atoms with Gasteiger partial charge in [-0.15, -0.1) is 0 Å². The van der Waals surface area contributed by atoms with Crippen molar-refractivity contribution in [3.05, 3.63) is 48.0 Å². The Hall–Kier alpha value is -3.24. The summed E-state index contributed by atoms with van der Waals surface area (Å²) in [5.74, 6) is -2.05. The molecule has 0 aliphatic heterocycles. The van der Waals surface area contributed by atoms with Gasteiger partial charge in [-0.1, -0.05) is 36.4 Å². The zero-order chi connectivity index (χ0) is 26.4. The summed E-state index contributed by atoms with van der Waals surface area (Å²) in [4.78, 5) is 51.2. The van der Waals surface area contributed by atoms with E-state index in [0.29, 0.717) is 32.2 Å². The van der Waals surface area contributed by atoms with Gasteiger partial charge in [0.05, 0.1) is 6.54 Å². The zero-order valence-corrected chi connectivity index (χ0v) is 21.0. The largest absolute Gasteiger partial charge is 0.368 e. The van der Waals surface area contributed by atoms with Gasteiger partial charge < -0.3 is 32.7 Å². The molecule has 4 amide bonds. The molecule has 10 nitrogen and oxygen atoms in total. The molecule has 2 unspecified atom stereocenters. The number of benzene rings is 1. The van der Waals surface area contributed by atoms with Crippen LogP contribution in [0.25, 0.3) is 0 Å². The molecule has 0 spiro atoms. The van der Waals surface area contributed by atoms with E-state index in [1.165, 1.54) is 18.0 Å². The highest BCUT2D eigenvalue weighted by Crippen LogP contribution is 2.10. The van der Waals surface area contributed by atoms with Crippen molar-refractivity contribution in [2.24, 2.45) is 17.2 Å². The van der Waals surface area contributed by atoms with Crippen LogP contribution in [0.3, 0.4) is 0 Å². The van der Waals surface area contributed by atoms with E-state index in [2.05, 4.69) is 10.6 Å². The average molecular weight is 489 g/mol. The van der Waals surface area contributed by atoms with E-state index in [1.807, 2.05) is 44.2 Å². The van der Waals surface area contributed by atoms with Crippen LogP contribution in [0.15, 0.2) is 42.5 Å². The number of nitrogens with one attached hydrogen (secondary N) is 2. The molecule has 0 aromatic heterocycles. The summed E-state index contributed by atoms with van der Waals surface area (Å²) in [6.07, 6.45) is 5.38. The van der Waals surface area contributed by atoms with Gasteiger partial charge in [0, 0.05) is 19.0 Å². The van der Waals surface area contributed by atoms with E-state index in [-0.39, 0.29) is 13.0 Å². The van der Waals surface area contributed by atoms with Gasteiger partial charge in [0.2, 0.25) is 23.6 Å². The lowest BCUT2D eigenvalue weighted by Crippen LogP contribution is -2.55. The molecule has 8 N–H and O–H groups in total. The first-order valence-electron chi connectivity index (χ1n) is 11.8. The lowest BCUT2D eigenvalue weighted by Gasteiger charge is -2.29. The van der Waals surface area contributed by atoms with Crippen molar-refractivity contribution in [1.82, 2.24) is 15.5 Å². The number of carbonyl (C=O) groups excluding carboxylic acids is 4. The molecule has 1 rings (SSSR count). The molecule has 2 atom stereocenters. The number of hydrogen-bond donors (Lipinski definition) is 5. The van der Waals surface area contributed by atoms with Crippen molar-refractivity contribution >= 4 is 23.6 Å². The maximum atomic E-state index is 13.2. The van der Waals surface area contributed by atoms with Crippen LogP contribution >= 0.6 is 0 Å². The smallest absolute Gasteiger partial charge is 0.244 e. The standard InChI is InChI=1S/C25H40N6O4/c1-25(2,28)14-9-13-21(32)29-17-22(33)31(3)20(16-18-10-5-4-6-11-18)24(35)30-19(23(27)34)12-7-8-15-26/h4-6,9-11,13,19-20H,7-8,12,14-17,26,28H2,1-3H3,(H2,27,34)(H,29,32)(H,30,35)/b13-9+. The average Bonchev–Trinajstić information content (AvgIpc) is 2.79. The third-order valence-corrected chi connectivity index (χ3v) is 5.37. The number of amides is 4. The summed E-state index contributed by atoms with van der Waals surface area (Å²) < 4.78 is 0. The second kappa shape index (κ2) is 14.9.